The molecule has 0 spiro atoms. The lowest BCUT2D eigenvalue weighted by Gasteiger charge is -2.46. The summed E-state index contributed by atoms with van der Waals surface area (Å²) in [6.45, 7) is 25.8. The summed E-state index contributed by atoms with van der Waals surface area (Å²) in [6.07, 6.45) is 7.26. The molecule has 47 nitrogen and oxygen atoms in total. The summed E-state index contributed by atoms with van der Waals surface area (Å²) < 4.78 is 169. The Hall–Kier alpha value is -6.46. The lowest BCUT2D eigenvalue weighted by atomic mass is 9.87. The van der Waals surface area contributed by atoms with Gasteiger partial charge in [0.05, 0.1) is 256 Å². The average molecular weight is 2030 g/mol. The predicted octanol–water partition coefficient (Wildman–Crippen LogP) is 2.28. The lowest BCUT2D eigenvalue weighted by molar-refractivity contribution is -0.257. The van der Waals surface area contributed by atoms with Gasteiger partial charge in [-0.25, -0.2) is 19.0 Å². The maximum Gasteiger partial charge on any atom is 0.220 e. The molecule has 0 saturated carbocycles. The molecule has 790 valence electrons. The van der Waals surface area contributed by atoms with E-state index >= 15 is 0 Å². The normalized spacial score (nSPS) is 25.7. The molecule has 8 saturated heterocycles. The Morgan fingerprint density at radius 2 is 0.821 bits per heavy atom. The van der Waals surface area contributed by atoms with Crippen LogP contribution in [0.5, 0.6) is 0 Å². The summed E-state index contributed by atoms with van der Waals surface area (Å²) in [5.74, 6) is -1.70. The first kappa shape index (κ1) is 112. The van der Waals surface area contributed by atoms with Crippen LogP contribution in [0.15, 0.2) is 48.0 Å². The van der Waals surface area contributed by atoms with Gasteiger partial charge in [-0.1, -0.05) is 45.3 Å². The van der Waals surface area contributed by atoms with E-state index in [9.17, 15) is 24.0 Å². The molecule has 0 radical (unpaired) electrons. The number of carbonyl (C=O) groups excluding carboxylic acids is 5. The van der Waals surface area contributed by atoms with Gasteiger partial charge in [0, 0.05) is 65.3 Å². The summed E-state index contributed by atoms with van der Waals surface area (Å²) in [5.41, 5.74) is -2.44. The SMILES string of the molecule is CCO[C@@H]1[C@@H](NC(C)=O)[C@H]2OC[C@](COCCOCCOCCOCCn3cc(COCC(COCc4cn(CCOCCOCCOCCOC[C@@]56CO[C@@H](O5)[C@H](NC(C)=O)[C@H]5OC(C)(C)O[C@H]56)nn4)(COCc4cn(CCOCCOCCOCCOC[C@@]56CO[C@@H](O5)[C@H](NC(C)=O)[C@H]5OC(C)(C)O[C@H]56)nn4)NC(=O)CCCCCNC(=O)CCCCCSSc4ccccn4)nn3)(O2)[C@@H]1OCC. The van der Waals surface area contributed by atoms with E-state index < -0.39 is 108 Å². The van der Waals surface area contributed by atoms with Crippen LogP contribution in [0.3, 0.4) is 0 Å². The van der Waals surface area contributed by atoms with Crippen molar-refractivity contribution in [3.63, 3.8) is 0 Å². The Balaban J connectivity index is 0.574. The van der Waals surface area contributed by atoms with Gasteiger partial charge < -0.3 is 154 Å². The minimum atomic E-state index is -1.29. The summed E-state index contributed by atoms with van der Waals surface area (Å²) in [5, 5.41) is 42.1. The molecule has 6 bridgehead atoms. The van der Waals surface area contributed by atoms with Crippen LogP contribution in [0.1, 0.15) is 131 Å². The maximum absolute atomic E-state index is 14.4. The van der Waals surface area contributed by atoms with E-state index in [1.807, 2.05) is 59.7 Å². The molecule has 8 aliphatic rings. The molecule has 4 aromatic rings. The van der Waals surface area contributed by atoms with Gasteiger partial charge >= 0.3 is 0 Å². The first-order valence-corrected chi connectivity index (χ1v) is 51.0. The smallest absolute Gasteiger partial charge is 0.220 e. The quantitative estimate of drug-likeness (QED) is 0.0313. The van der Waals surface area contributed by atoms with E-state index in [2.05, 4.69) is 62.5 Å². The third-order valence-corrected chi connectivity index (χ3v) is 25.9. The molecular formula is C91H147N15O32S2. The highest BCUT2D eigenvalue weighted by Gasteiger charge is 2.68. The van der Waals surface area contributed by atoms with Gasteiger partial charge in [0.1, 0.15) is 99.2 Å². The van der Waals surface area contributed by atoms with Crippen molar-refractivity contribution < 1.29 is 152 Å². The number of hydrogen-bond acceptors (Lipinski definition) is 41. The van der Waals surface area contributed by atoms with Crippen molar-refractivity contribution in [3.8, 4) is 0 Å². The monoisotopic (exact) mass is 2030 g/mol. The van der Waals surface area contributed by atoms with Gasteiger partial charge in [0.2, 0.25) is 29.5 Å². The van der Waals surface area contributed by atoms with Crippen LogP contribution in [0.25, 0.3) is 0 Å². The Kier molecular flexibility index (Phi) is 47.1. The number of ether oxygens (including phenoxy) is 27. The van der Waals surface area contributed by atoms with E-state index in [1.54, 1.807) is 60.4 Å². The summed E-state index contributed by atoms with van der Waals surface area (Å²) in [6, 6.07) is 4.29. The molecule has 4 aromatic heterocycles. The third-order valence-electron chi connectivity index (χ3n) is 23.5. The topological polar surface area (TPSA) is 500 Å². The van der Waals surface area contributed by atoms with Crippen LogP contribution in [0, 0.1) is 0 Å². The number of nitrogens with zero attached hydrogens (tertiary/aromatic N) is 10. The Morgan fingerprint density at radius 1 is 0.436 bits per heavy atom. The molecule has 49 heteroatoms. The number of hydrogen-bond donors (Lipinski definition) is 5. The van der Waals surface area contributed by atoms with E-state index in [4.69, 9.17) is 128 Å². The number of unbranched alkanes of at least 4 members (excludes halogenated alkanes) is 4. The second-order valence-electron chi connectivity index (χ2n) is 36.0. The number of pyridine rings is 1. The highest BCUT2D eigenvalue weighted by atomic mass is 33.1. The van der Waals surface area contributed by atoms with Crippen LogP contribution >= 0.6 is 21.6 Å². The molecular weight excluding hydrogens is 1880 g/mol. The largest absolute Gasteiger partial charge is 0.377 e. The highest BCUT2D eigenvalue weighted by molar-refractivity contribution is 8.76. The Morgan fingerprint density at radius 3 is 1.24 bits per heavy atom. The summed E-state index contributed by atoms with van der Waals surface area (Å²) in [4.78, 5) is 67.7. The fraction of sp³-hybridized carbons (Fsp3) is 0.824. The number of rotatable bonds is 76. The number of nitrogens with one attached hydrogen (secondary N) is 5. The van der Waals surface area contributed by atoms with Crippen LogP contribution in [0.4, 0.5) is 0 Å². The molecule has 0 aliphatic carbocycles. The second-order valence-corrected chi connectivity index (χ2v) is 38.5. The van der Waals surface area contributed by atoms with Crippen LogP contribution in [-0.2, 0) is 191 Å². The summed E-state index contributed by atoms with van der Waals surface area (Å²) in [7, 11) is 3.42. The number of amides is 5. The van der Waals surface area contributed by atoms with Crippen molar-refractivity contribution in [2.45, 2.75) is 266 Å². The molecule has 12 rings (SSSR count). The number of aromatic nitrogens is 10. The van der Waals surface area contributed by atoms with Crippen LogP contribution < -0.4 is 26.6 Å². The molecule has 15 atom stereocenters. The maximum atomic E-state index is 14.4. The Labute approximate surface area is 825 Å². The third kappa shape index (κ3) is 36.0. The zero-order valence-electron chi connectivity index (χ0n) is 82.3. The van der Waals surface area contributed by atoms with Crippen LogP contribution in [0.2, 0.25) is 0 Å². The Bertz CT molecular complexity index is 4100. The van der Waals surface area contributed by atoms with Crippen molar-refractivity contribution in [3.05, 3.63) is 60.1 Å². The number of fused-ring (bicyclic) bond motifs is 10. The molecule has 5 N–H and O–H groups in total. The zero-order valence-corrected chi connectivity index (χ0v) is 83.9. The standard InChI is InChI=1S/C91H147N15O32S2/c1-10-127-77-74(94-65(3)107)83-129-62-89(136-83,80(77)128-11-2)59-121-46-43-118-40-37-115-34-31-112-28-25-104-50-68(98-101-104)53-124-56-88(97-72(111)21-14-12-17-23-92-71(110)20-15-13-19-49-139-140-73-22-16-18-24-93-73,57-125-54-69-51-105(102-99-69)26-29-113-32-35-116-38-41-119-44-47-122-60-90-63-130-84(137-90)75(95-66(4)108)78-81(90)134-86(6,7)132-78)58-126-55-70-52-106(103-100-70)27-30-114-33-36-117-39-42-120-45-48-123-61-91-64-131-85(138-91)76(96-67(5)109)79-82(91)135-87(8,9)133-79/h16,18,22,24,50-52,74-85H,10-15,17,19-21,23,25-49,53-64H2,1-9H3,(H,92,110)(H,94,107)(H,95,108)(H,96,109)(H,97,111)/t74-,75-,76-,77-,78-,79-,80-,81-,82-,83+,84+,85+,89+,90+,91+/m1/s1. The van der Waals surface area contributed by atoms with E-state index in [0.29, 0.717) is 221 Å². The number of carbonyl (C=O) groups is 5. The summed E-state index contributed by atoms with van der Waals surface area (Å²) >= 11 is 0. The van der Waals surface area contributed by atoms with E-state index in [-0.39, 0.29) is 115 Å². The molecule has 140 heavy (non-hydrogen) atoms. The molecule has 8 fully saturated rings. The van der Waals surface area contributed by atoms with Crippen molar-refractivity contribution in [2.24, 2.45) is 0 Å². The highest BCUT2D eigenvalue weighted by Crippen LogP contribution is 2.49. The first-order chi connectivity index (χ1) is 68.0. The molecule has 8 aliphatic heterocycles. The molecule has 0 unspecified atom stereocenters. The fourth-order valence-corrected chi connectivity index (χ4v) is 19.3. The lowest BCUT2D eigenvalue weighted by Crippen LogP contribution is -2.67. The zero-order chi connectivity index (χ0) is 98.7. The van der Waals surface area contributed by atoms with Crippen molar-refractivity contribution in [1.29, 1.82) is 0 Å². The van der Waals surface area contributed by atoms with Gasteiger partial charge in [-0.3, -0.25) is 24.0 Å². The average Bonchev–Trinajstić information content (AvgIpc) is 1.57. The molecule has 5 amide bonds. The van der Waals surface area contributed by atoms with Gasteiger partial charge in [-0.15, -0.1) is 15.3 Å². The van der Waals surface area contributed by atoms with Crippen molar-refractivity contribution in [1.82, 2.24) is 76.5 Å². The van der Waals surface area contributed by atoms with Gasteiger partial charge in [-0.2, -0.15) is 0 Å². The molecule has 12 heterocycles. The predicted molar refractivity (Wildman–Crippen MR) is 494 cm³/mol. The van der Waals surface area contributed by atoms with Crippen LogP contribution in [-0.4, -0.2) is 411 Å². The van der Waals surface area contributed by atoms with Gasteiger partial charge in [-0.05, 0) is 90.2 Å². The minimum Gasteiger partial charge on any atom is -0.377 e. The first-order valence-electron chi connectivity index (χ1n) is 48.7. The van der Waals surface area contributed by atoms with E-state index in [1.165, 1.54) is 20.8 Å². The molecule has 0 aromatic carbocycles. The van der Waals surface area contributed by atoms with Gasteiger partial charge in [0.25, 0.3) is 0 Å². The minimum absolute atomic E-state index is 0.00861. The fourth-order valence-electron chi connectivity index (χ4n) is 17.3. The van der Waals surface area contributed by atoms with E-state index in [0.717, 1.165) is 30.0 Å². The van der Waals surface area contributed by atoms with Crippen molar-refractivity contribution in [2.75, 3.05) is 224 Å². The second kappa shape index (κ2) is 58.8. The van der Waals surface area contributed by atoms with Gasteiger partial charge in [0.15, 0.2) is 30.4 Å². The van der Waals surface area contributed by atoms with Crippen molar-refractivity contribution >= 4 is 51.1 Å².